The quantitative estimate of drug-likeness (QED) is 0.310. The highest BCUT2D eigenvalue weighted by Crippen LogP contribution is 2.24. The number of hydrogen-bond donors (Lipinski definition) is 1. The molecule has 0 radical (unpaired) electrons. The first-order valence-electron chi connectivity index (χ1n) is 9.75. The minimum absolute atomic E-state index is 0.250. The first-order valence-corrected chi connectivity index (χ1v) is 10.7. The third-order valence-electron chi connectivity index (χ3n) is 4.84. The Morgan fingerprint density at radius 1 is 1.09 bits per heavy atom. The van der Waals surface area contributed by atoms with Crippen molar-refractivity contribution in [3.05, 3.63) is 76.5 Å². The van der Waals surface area contributed by atoms with Gasteiger partial charge >= 0.3 is 0 Å². The molecule has 0 aliphatic heterocycles. The van der Waals surface area contributed by atoms with E-state index in [9.17, 15) is 4.79 Å². The van der Waals surface area contributed by atoms with Gasteiger partial charge in [-0.25, -0.2) is 9.67 Å². The van der Waals surface area contributed by atoms with E-state index in [-0.39, 0.29) is 5.56 Å². The molecule has 0 saturated carbocycles. The number of fused-ring (bicyclic) bond motifs is 1. The molecule has 0 amide bonds. The molecular formula is C22H18N6O3S. The van der Waals surface area contributed by atoms with Gasteiger partial charge in [-0.2, -0.15) is 10.1 Å². The van der Waals surface area contributed by atoms with Crippen LogP contribution in [-0.4, -0.2) is 37.0 Å². The Morgan fingerprint density at radius 3 is 2.62 bits per heavy atom. The summed E-state index contributed by atoms with van der Waals surface area (Å²) in [5.41, 5.74) is 3.03. The molecule has 0 aliphatic rings. The number of H-pyrrole nitrogens is 1. The molecule has 0 saturated heterocycles. The summed E-state index contributed by atoms with van der Waals surface area (Å²) in [5, 5.41) is 9.24. The molecule has 0 spiro atoms. The van der Waals surface area contributed by atoms with Gasteiger partial charge in [0.25, 0.3) is 5.56 Å². The molecular weight excluding hydrogens is 428 g/mol. The van der Waals surface area contributed by atoms with Crippen LogP contribution in [0.3, 0.4) is 0 Å². The highest BCUT2D eigenvalue weighted by molar-refractivity contribution is 7.98. The summed E-state index contributed by atoms with van der Waals surface area (Å²) in [5.74, 6) is 2.02. The second kappa shape index (κ2) is 8.31. The number of ether oxygens (including phenoxy) is 1. The summed E-state index contributed by atoms with van der Waals surface area (Å²) >= 11 is 1.30. The Balaban J connectivity index is 1.38. The van der Waals surface area contributed by atoms with Crippen LogP contribution in [0.5, 0.6) is 5.75 Å². The van der Waals surface area contributed by atoms with Crippen LogP contribution < -0.4 is 10.3 Å². The summed E-state index contributed by atoms with van der Waals surface area (Å²) in [6.07, 6.45) is 1.52. The number of aromatic nitrogens is 6. The van der Waals surface area contributed by atoms with Gasteiger partial charge in [0.05, 0.1) is 24.7 Å². The SMILES string of the molecule is COc1ccc(-c2noc(CSc3nc4c(cnn4-c4ccc(C)cc4)c(=O)[nH]3)n2)cc1. The van der Waals surface area contributed by atoms with Crippen molar-refractivity contribution in [3.8, 4) is 22.8 Å². The fraction of sp³-hybridized carbons (Fsp3) is 0.136. The lowest BCUT2D eigenvalue weighted by atomic mass is 10.2. The van der Waals surface area contributed by atoms with E-state index in [0.717, 1.165) is 22.6 Å². The number of thioether (sulfide) groups is 1. The fourth-order valence-corrected chi connectivity index (χ4v) is 3.84. The zero-order valence-corrected chi connectivity index (χ0v) is 18.1. The summed E-state index contributed by atoms with van der Waals surface area (Å²) in [6.45, 7) is 2.01. The Kier molecular flexibility index (Phi) is 5.20. The lowest BCUT2D eigenvalue weighted by molar-refractivity contribution is 0.391. The van der Waals surface area contributed by atoms with Crippen LogP contribution in [0.2, 0.25) is 0 Å². The van der Waals surface area contributed by atoms with E-state index in [1.54, 1.807) is 11.8 Å². The maximum Gasteiger partial charge on any atom is 0.262 e. The summed E-state index contributed by atoms with van der Waals surface area (Å²) < 4.78 is 12.2. The molecule has 0 aliphatic carbocycles. The lowest BCUT2D eigenvalue weighted by Crippen LogP contribution is -2.09. The van der Waals surface area contributed by atoms with Crippen LogP contribution in [0.25, 0.3) is 28.1 Å². The van der Waals surface area contributed by atoms with Crippen LogP contribution in [-0.2, 0) is 5.75 Å². The molecule has 2 aromatic carbocycles. The number of methoxy groups -OCH3 is 1. The van der Waals surface area contributed by atoms with Crippen molar-refractivity contribution in [1.82, 2.24) is 29.9 Å². The van der Waals surface area contributed by atoms with E-state index >= 15 is 0 Å². The second-order valence-corrected chi connectivity index (χ2v) is 7.99. The van der Waals surface area contributed by atoms with Gasteiger partial charge < -0.3 is 14.2 Å². The maximum absolute atomic E-state index is 12.5. The molecule has 1 N–H and O–H groups in total. The van der Waals surface area contributed by atoms with Crippen molar-refractivity contribution in [1.29, 1.82) is 0 Å². The minimum Gasteiger partial charge on any atom is -0.497 e. The van der Waals surface area contributed by atoms with Gasteiger partial charge in [-0.3, -0.25) is 4.79 Å². The smallest absolute Gasteiger partial charge is 0.262 e. The van der Waals surface area contributed by atoms with Gasteiger partial charge in [0, 0.05) is 5.56 Å². The molecule has 0 bridgehead atoms. The van der Waals surface area contributed by atoms with E-state index in [0.29, 0.717) is 33.7 Å². The van der Waals surface area contributed by atoms with Crippen molar-refractivity contribution in [3.63, 3.8) is 0 Å². The van der Waals surface area contributed by atoms with Crippen molar-refractivity contribution in [2.75, 3.05) is 7.11 Å². The zero-order valence-electron chi connectivity index (χ0n) is 17.3. The van der Waals surface area contributed by atoms with Crippen LogP contribution in [0, 0.1) is 6.92 Å². The number of rotatable bonds is 6. The maximum atomic E-state index is 12.5. The Hall–Kier alpha value is -3.92. The van der Waals surface area contributed by atoms with E-state index in [1.165, 1.54) is 18.0 Å². The monoisotopic (exact) mass is 446 g/mol. The summed E-state index contributed by atoms with van der Waals surface area (Å²) in [7, 11) is 1.61. The third kappa shape index (κ3) is 3.87. The number of benzene rings is 2. The average molecular weight is 446 g/mol. The van der Waals surface area contributed by atoms with Crippen molar-refractivity contribution < 1.29 is 9.26 Å². The van der Waals surface area contributed by atoms with Crippen molar-refractivity contribution in [2.45, 2.75) is 17.8 Å². The summed E-state index contributed by atoms with van der Waals surface area (Å²) in [6, 6.07) is 15.2. The van der Waals surface area contributed by atoms with Gasteiger partial charge in [0.15, 0.2) is 10.8 Å². The van der Waals surface area contributed by atoms with Crippen LogP contribution in [0.1, 0.15) is 11.5 Å². The molecule has 0 fully saturated rings. The number of nitrogens with zero attached hydrogens (tertiary/aromatic N) is 5. The van der Waals surface area contributed by atoms with Crippen molar-refractivity contribution >= 4 is 22.8 Å². The number of nitrogens with one attached hydrogen (secondary N) is 1. The van der Waals surface area contributed by atoms with Crippen LogP contribution >= 0.6 is 11.8 Å². The Bertz CT molecular complexity index is 1440. The van der Waals surface area contributed by atoms with E-state index < -0.39 is 0 Å². The Labute approximate surface area is 186 Å². The first kappa shape index (κ1) is 20.0. The van der Waals surface area contributed by atoms with Gasteiger partial charge in [0.1, 0.15) is 11.1 Å². The number of aryl methyl sites for hydroxylation is 1. The fourth-order valence-electron chi connectivity index (χ4n) is 3.14. The molecule has 5 rings (SSSR count). The molecule has 5 aromatic rings. The zero-order chi connectivity index (χ0) is 22.1. The first-order chi connectivity index (χ1) is 15.6. The van der Waals surface area contributed by atoms with E-state index in [1.807, 2.05) is 55.5 Å². The van der Waals surface area contributed by atoms with Crippen LogP contribution in [0.15, 0.2) is 69.2 Å². The second-order valence-electron chi connectivity index (χ2n) is 7.03. The normalized spacial score (nSPS) is 11.2. The van der Waals surface area contributed by atoms with E-state index in [4.69, 9.17) is 9.26 Å². The lowest BCUT2D eigenvalue weighted by Gasteiger charge is -2.04. The predicted octanol–water partition coefficient (Wildman–Crippen LogP) is 3.77. The summed E-state index contributed by atoms with van der Waals surface area (Å²) in [4.78, 5) is 24.3. The van der Waals surface area contributed by atoms with Gasteiger partial charge in [-0.15, -0.1) is 0 Å². The molecule has 32 heavy (non-hydrogen) atoms. The molecule has 9 nitrogen and oxygen atoms in total. The highest BCUT2D eigenvalue weighted by atomic mass is 32.2. The van der Waals surface area contributed by atoms with E-state index in [2.05, 4.69) is 25.2 Å². The standard InChI is InChI=1S/C22H18N6O3S/c1-13-3-7-15(8-4-13)28-20-17(11-23-28)21(29)26-22(25-20)32-12-18-24-19(27-31-18)14-5-9-16(30-2)10-6-14/h3-11H,12H2,1-2H3,(H,25,26,29). The van der Waals surface area contributed by atoms with Gasteiger partial charge in [0.2, 0.25) is 11.7 Å². The molecule has 3 aromatic heterocycles. The topological polar surface area (TPSA) is 112 Å². The highest BCUT2D eigenvalue weighted by Gasteiger charge is 2.14. The molecule has 0 atom stereocenters. The van der Waals surface area contributed by atoms with Crippen molar-refractivity contribution in [2.24, 2.45) is 0 Å². The Morgan fingerprint density at radius 2 is 1.88 bits per heavy atom. The van der Waals surface area contributed by atoms with Gasteiger partial charge in [-0.05, 0) is 43.3 Å². The number of hydrogen-bond acceptors (Lipinski definition) is 8. The largest absolute Gasteiger partial charge is 0.497 e. The van der Waals surface area contributed by atoms with Crippen LogP contribution in [0.4, 0.5) is 0 Å². The van der Waals surface area contributed by atoms with Gasteiger partial charge in [-0.1, -0.05) is 34.6 Å². The average Bonchev–Trinajstić information content (AvgIpc) is 3.46. The molecule has 0 unspecified atom stereocenters. The minimum atomic E-state index is -0.250. The molecule has 160 valence electrons. The molecule has 3 heterocycles. The molecule has 10 heteroatoms. The number of aromatic amines is 1. The predicted molar refractivity (Wildman–Crippen MR) is 120 cm³/mol. The third-order valence-corrected chi connectivity index (χ3v) is 5.70.